The van der Waals surface area contributed by atoms with Crippen LogP contribution in [0.4, 0.5) is 0 Å². The molecule has 2 N–H and O–H groups in total. The normalized spacial score (nSPS) is 24.7. The molecule has 4 rings (SSSR count). The molecule has 0 spiro atoms. The zero-order valence-corrected chi connectivity index (χ0v) is 12.0. The summed E-state index contributed by atoms with van der Waals surface area (Å²) in [5.41, 5.74) is 5.14. The van der Waals surface area contributed by atoms with E-state index in [4.69, 9.17) is 0 Å². The van der Waals surface area contributed by atoms with E-state index in [1.54, 1.807) is 0 Å². The maximum atomic E-state index is 9.59. The molecule has 2 aromatic rings. The number of aromatic nitrogens is 1. The highest BCUT2D eigenvalue weighted by molar-refractivity contribution is 5.88. The average molecular weight is 280 g/mol. The first-order chi connectivity index (χ1) is 10.3. The van der Waals surface area contributed by atoms with E-state index in [0.717, 1.165) is 25.1 Å². The molecule has 1 aliphatic carbocycles. The summed E-state index contributed by atoms with van der Waals surface area (Å²) in [5, 5.41) is 11.0. The summed E-state index contributed by atoms with van der Waals surface area (Å²) < 4.78 is 0. The zero-order valence-electron chi connectivity index (χ0n) is 12.0. The summed E-state index contributed by atoms with van der Waals surface area (Å²) in [6.07, 6.45) is 7.46. The Hall–Kier alpha value is -1.84. The Bertz CT molecular complexity index is 728. The van der Waals surface area contributed by atoms with Gasteiger partial charge in [-0.25, -0.2) is 0 Å². The number of aromatic amines is 1. The highest BCUT2D eigenvalue weighted by atomic mass is 16.3. The van der Waals surface area contributed by atoms with Gasteiger partial charge in [-0.05, 0) is 29.2 Å². The van der Waals surface area contributed by atoms with E-state index in [1.807, 2.05) is 6.08 Å². The van der Waals surface area contributed by atoms with E-state index in [1.165, 1.54) is 22.0 Å². The van der Waals surface area contributed by atoms with Crippen LogP contribution in [-0.2, 0) is 6.42 Å². The third-order valence-electron chi connectivity index (χ3n) is 4.88. The smallest absolute Gasteiger partial charge is 0.0654 e. The van der Waals surface area contributed by atoms with Crippen LogP contribution in [0.3, 0.4) is 0 Å². The van der Waals surface area contributed by atoms with Gasteiger partial charge in [-0.15, -0.1) is 6.58 Å². The second kappa shape index (κ2) is 4.86. The van der Waals surface area contributed by atoms with Crippen molar-refractivity contribution in [3.8, 4) is 0 Å². The molecular weight excluding hydrogens is 260 g/mol. The van der Waals surface area contributed by atoms with Gasteiger partial charge in [0.2, 0.25) is 0 Å². The molecule has 1 aromatic heterocycles. The zero-order chi connectivity index (χ0) is 14.4. The van der Waals surface area contributed by atoms with E-state index in [2.05, 4.69) is 46.9 Å². The lowest BCUT2D eigenvalue weighted by Crippen LogP contribution is -2.46. The average Bonchev–Trinajstić information content (AvgIpc) is 2.93. The van der Waals surface area contributed by atoms with Crippen molar-refractivity contribution in [1.29, 1.82) is 0 Å². The molecule has 1 aliphatic heterocycles. The van der Waals surface area contributed by atoms with Crippen molar-refractivity contribution >= 4 is 10.9 Å². The van der Waals surface area contributed by atoms with Gasteiger partial charge in [-0.1, -0.05) is 24.3 Å². The first kappa shape index (κ1) is 12.9. The predicted molar refractivity (Wildman–Crippen MR) is 85.5 cm³/mol. The summed E-state index contributed by atoms with van der Waals surface area (Å²) in [4.78, 5) is 5.84. The Morgan fingerprint density at radius 1 is 1.43 bits per heavy atom. The van der Waals surface area contributed by atoms with E-state index >= 15 is 0 Å². The van der Waals surface area contributed by atoms with Gasteiger partial charge < -0.3 is 10.1 Å². The molecule has 0 fully saturated rings. The molecule has 0 saturated heterocycles. The lowest BCUT2D eigenvalue weighted by atomic mass is 9.76. The van der Waals surface area contributed by atoms with Crippen molar-refractivity contribution in [3.63, 3.8) is 0 Å². The number of benzene rings is 1. The molecular formula is C18H20N2O. The first-order valence-corrected chi connectivity index (χ1v) is 7.56. The van der Waals surface area contributed by atoms with Gasteiger partial charge in [0.1, 0.15) is 0 Å². The minimum atomic E-state index is 0.146. The molecule has 1 aromatic carbocycles. The number of rotatable bonds is 3. The van der Waals surface area contributed by atoms with Crippen molar-refractivity contribution < 1.29 is 5.11 Å². The Morgan fingerprint density at radius 2 is 2.33 bits per heavy atom. The molecule has 2 atom stereocenters. The molecule has 0 amide bonds. The first-order valence-electron chi connectivity index (χ1n) is 7.56. The van der Waals surface area contributed by atoms with Crippen LogP contribution >= 0.6 is 0 Å². The minimum Gasteiger partial charge on any atom is -0.392 e. The van der Waals surface area contributed by atoms with Crippen molar-refractivity contribution in [2.45, 2.75) is 18.4 Å². The molecule has 21 heavy (non-hydrogen) atoms. The summed E-state index contributed by atoms with van der Waals surface area (Å²) in [5.74, 6) is 0.368. The third kappa shape index (κ3) is 1.88. The fraction of sp³-hybridized carbons (Fsp3) is 0.333. The number of fused-ring (bicyclic) bond motifs is 2. The largest absolute Gasteiger partial charge is 0.392 e. The molecule has 0 radical (unpaired) electrons. The summed E-state index contributed by atoms with van der Waals surface area (Å²) >= 11 is 0. The van der Waals surface area contributed by atoms with E-state index in [-0.39, 0.29) is 6.61 Å². The standard InChI is InChI=1S/C18H20N2O/c1-2-6-20-10-12(11-21)7-15-14-4-3-5-16-18(14)13(9-19-16)8-17(15)20/h2-5,7,9,15,17,19,21H,1,6,8,10-11H2/t15-,17?/m1/s1. The van der Waals surface area contributed by atoms with E-state index in [0.29, 0.717) is 12.0 Å². The third-order valence-corrected chi connectivity index (χ3v) is 4.88. The summed E-state index contributed by atoms with van der Waals surface area (Å²) in [7, 11) is 0. The van der Waals surface area contributed by atoms with Crippen LogP contribution in [0.5, 0.6) is 0 Å². The van der Waals surface area contributed by atoms with Gasteiger partial charge in [-0.2, -0.15) is 0 Å². The van der Waals surface area contributed by atoms with Crippen LogP contribution < -0.4 is 0 Å². The highest BCUT2D eigenvalue weighted by Crippen LogP contribution is 2.42. The van der Waals surface area contributed by atoms with Gasteiger partial charge >= 0.3 is 0 Å². The van der Waals surface area contributed by atoms with Crippen LogP contribution in [0.25, 0.3) is 10.9 Å². The van der Waals surface area contributed by atoms with Crippen molar-refractivity contribution in [2.75, 3.05) is 19.7 Å². The number of nitrogens with one attached hydrogen (secondary N) is 1. The number of nitrogens with zero attached hydrogens (tertiary/aromatic N) is 1. The quantitative estimate of drug-likeness (QED) is 0.848. The van der Waals surface area contributed by atoms with Gasteiger partial charge in [0.25, 0.3) is 0 Å². The molecule has 1 unspecified atom stereocenters. The van der Waals surface area contributed by atoms with Crippen LogP contribution in [0.2, 0.25) is 0 Å². The topological polar surface area (TPSA) is 39.3 Å². The van der Waals surface area contributed by atoms with Gasteiger partial charge in [0, 0.05) is 42.1 Å². The number of hydrogen-bond acceptors (Lipinski definition) is 2. The molecule has 3 heteroatoms. The number of hydrogen-bond donors (Lipinski definition) is 2. The lowest BCUT2D eigenvalue weighted by Gasteiger charge is -2.42. The molecule has 3 nitrogen and oxygen atoms in total. The Balaban J connectivity index is 1.88. The maximum absolute atomic E-state index is 9.59. The van der Waals surface area contributed by atoms with Crippen LogP contribution in [0.15, 0.2) is 48.7 Å². The van der Waals surface area contributed by atoms with Crippen molar-refractivity contribution in [3.05, 3.63) is 59.8 Å². The fourth-order valence-corrected chi connectivity index (χ4v) is 3.99. The van der Waals surface area contributed by atoms with Gasteiger partial charge in [-0.3, -0.25) is 4.90 Å². The Labute approximate surface area is 124 Å². The van der Waals surface area contributed by atoms with Gasteiger partial charge in [0.15, 0.2) is 0 Å². The van der Waals surface area contributed by atoms with Crippen LogP contribution in [-0.4, -0.2) is 40.7 Å². The monoisotopic (exact) mass is 280 g/mol. The Kier molecular flexibility index (Phi) is 2.98. The van der Waals surface area contributed by atoms with Crippen LogP contribution in [0.1, 0.15) is 17.0 Å². The SMILES string of the molecule is C=CCN1CC(CO)=C[C@@H]2c3cccc4[nH]cc(c34)CC21. The molecule has 0 saturated carbocycles. The molecule has 2 aliphatic rings. The second-order valence-electron chi connectivity index (χ2n) is 6.08. The minimum absolute atomic E-state index is 0.146. The predicted octanol–water partition coefficient (Wildman–Crippen LogP) is 2.60. The summed E-state index contributed by atoms with van der Waals surface area (Å²) in [6.45, 7) is 5.75. The fourth-order valence-electron chi connectivity index (χ4n) is 3.99. The van der Waals surface area contributed by atoms with Crippen LogP contribution in [0, 0.1) is 0 Å². The Morgan fingerprint density at radius 3 is 3.14 bits per heavy atom. The van der Waals surface area contributed by atoms with E-state index in [9.17, 15) is 5.11 Å². The molecule has 0 bridgehead atoms. The number of aliphatic hydroxyl groups is 1. The van der Waals surface area contributed by atoms with Gasteiger partial charge in [0.05, 0.1) is 6.61 Å². The molecule has 108 valence electrons. The summed E-state index contributed by atoms with van der Waals surface area (Å²) in [6, 6.07) is 6.97. The number of H-pyrrole nitrogens is 1. The molecule has 2 heterocycles. The van der Waals surface area contributed by atoms with E-state index < -0.39 is 0 Å². The number of aliphatic hydroxyl groups excluding tert-OH is 1. The van der Waals surface area contributed by atoms with Crippen molar-refractivity contribution in [2.24, 2.45) is 0 Å². The maximum Gasteiger partial charge on any atom is 0.0654 e. The van der Waals surface area contributed by atoms with Crippen molar-refractivity contribution in [1.82, 2.24) is 9.88 Å². The second-order valence-corrected chi connectivity index (χ2v) is 6.08. The highest BCUT2D eigenvalue weighted by Gasteiger charge is 2.36. The lowest BCUT2D eigenvalue weighted by molar-refractivity contribution is 0.188.